The van der Waals surface area contributed by atoms with Crippen LogP contribution in [0.5, 0.6) is 0 Å². The SMILES string of the molecule is B=C.CC.CC.COCC(C)(C)CC/C=C/C(C)(F)F. The van der Waals surface area contributed by atoms with Crippen LogP contribution in [0.4, 0.5) is 8.78 Å². The van der Waals surface area contributed by atoms with Crippen molar-refractivity contribution in [3.63, 3.8) is 0 Å². The molecule has 0 aliphatic heterocycles. The number of halogens is 2. The van der Waals surface area contributed by atoms with Crippen molar-refractivity contribution in [3.05, 3.63) is 12.2 Å². The number of hydrogen-bond acceptors (Lipinski definition) is 1. The number of rotatable bonds is 6. The maximum absolute atomic E-state index is 12.4. The first-order valence-electron chi connectivity index (χ1n) is 7.31. The molecule has 0 amide bonds. The van der Waals surface area contributed by atoms with E-state index < -0.39 is 5.92 Å². The van der Waals surface area contributed by atoms with E-state index >= 15 is 0 Å². The Kier molecular flexibility index (Phi) is 25.7. The third-order valence-electron chi connectivity index (χ3n) is 1.93. The van der Waals surface area contributed by atoms with Gasteiger partial charge in [-0.05, 0) is 24.3 Å². The molecule has 0 radical (unpaired) electrons. The van der Waals surface area contributed by atoms with Gasteiger partial charge in [0.25, 0.3) is 5.92 Å². The molecule has 0 saturated heterocycles. The molecule has 122 valence electrons. The normalized spacial score (nSPS) is 10.4. The van der Waals surface area contributed by atoms with Gasteiger partial charge in [-0.2, -0.15) is 0 Å². The fourth-order valence-electron chi connectivity index (χ4n) is 1.23. The molecule has 0 heterocycles. The maximum Gasteiger partial charge on any atom is 0.263 e. The summed E-state index contributed by atoms with van der Waals surface area (Å²) in [5.41, 5.74) is 0.0577. The first-order valence-corrected chi connectivity index (χ1v) is 7.31. The molecule has 0 unspecified atom stereocenters. The van der Waals surface area contributed by atoms with Gasteiger partial charge in [-0.25, -0.2) is 8.78 Å². The van der Waals surface area contributed by atoms with Crippen molar-refractivity contribution in [3.8, 4) is 0 Å². The van der Waals surface area contributed by atoms with Crippen molar-refractivity contribution in [2.45, 2.75) is 67.2 Å². The zero-order valence-corrected chi connectivity index (χ0v) is 14.9. The summed E-state index contributed by atoms with van der Waals surface area (Å²) >= 11 is 0. The molecule has 0 aromatic rings. The Balaban J connectivity index is -0.000000187. The van der Waals surface area contributed by atoms with Crippen LogP contribution in [-0.2, 0) is 4.74 Å². The van der Waals surface area contributed by atoms with Crippen LogP contribution in [0.2, 0.25) is 0 Å². The van der Waals surface area contributed by atoms with Crippen LogP contribution in [0.1, 0.15) is 61.3 Å². The van der Waals surface area contributed by atoms with E-state index in [4.69, 9.17) is 4.74 Å². The van der Waals surface area contributed by atoms with Crippen LogP contribution in [0, 0.1) is 5.41 Å². The van der Waals surface area contributed by atoms with Gasteiger partial charge in [0.2, 0.25) is 0 Å². The van der Waals surface area contributed by atoms with Gasteiger partial charge in [0.15, 0.2) is 0 Å². The van der Waals surface area contributed by atoms with E-state index in [-0.39, 0.29) is 5.41 Å². The molecule has 0 N–H and O–H groups in total. The molecule has 0 saturated carbocycles. The third kappa shape index (κ3) is 30.5. The van der Waals surface area contributed by atoms with Crippen molar-refractivity contribution in [1.82, 2.24) is 0 Å². The molecule has 20 heavy (non-hydrogen) atoms. The van der Waals surface area contributed by atoms with Crippen LogP contribution in [0.25, 0.3) is 0 Å². The maximum atomic E-state index is 12.4. The second-order valence-electron chi connectivity index (χ2n) is 4.49. The minimum Gasteiger partial charge on any atom is -0.384 e. The van der Waals surface area contributed by atoms with Crippen molar-refractivity contribution in [1.29, 1.82) is 0 Å². The smallest absolute Gasteiger partial charge is 0.263 e. The van der Waals surface area contributed by atoms with Crippen LogP contribution >= 0.6 is 0 Å². The molecule has 0 aromatic carbocycles. The molecular weight excluding hydrogens is 257 g/mol. The molecule has 0 aliphatic carbocycles. The van der Waals surface area contributed by atoms with Crippen LogP contribution in [-0.4, -0.2) is 33.6 Å². The van der Waals surface area contributed by atoms with E-state index in [9.17, 15) is 8.78 Å². The van der Waals surface area contributed by atoms with E-state index in [0.29, 0.717) is 13.0 Å². The van der Waals surface area contributed by atoms with Crippen LogP contribution < -0.4 is 0 Å². The predicted molar refractivity (Wildman–Crippen MR) is 91.6 cm³/mol. The average molecular weight is 292 g/mol. The number of methoxy groups -OCH3 is 1. The van der Waals surface area contributed by atoms with Crippen LogP contribution in [0.3, 0.4) is 0 Å². The summed E-state index contributed by atoms with van der Waals surface area (Å²) in [4.78, 5) is 0. The molecule has 4 heteroatoms. The quantitative estimate of drug-likeness (QED) is 0.493. The van der Waals surface area contributed by atoms with Gasteiger partial charge in [0.05, 0.1) is 6.61 Å². The summed E-state index contributed by atoms with van der Waals surface area (Å²) in [6, 6.07) is 0. The molecular formula is C16H35BF2O. The molecule has 0 aliphatic rings. The second kappa shape index (κ2) is 18.5. The van der Waals surface area contributed by atoms with Gasteiger partial charge in [-0.3, -0.25) is 0 Å². The average Bonchev–Trinajstić information content (AvgIpc) is 2.41. The zero-order valence-electron chi connectivity index (χ0n) is 14.9. The van der Waals surface area contributed by atoms with Gasteiger partial charge in [-0.15, -0.1) is 0 Å². The van der Waals surface area contributed by atoms with Crippen LogP contribution in [0.15, 0.2) is 12.2 Å². The zero-order chi connectivity index (χ0) is 17.2. The molecule has 0 rings (SSSR count). The van der Waals surface area contributed by atoms with E-state index in [1.807, 2.05) is 27.7 Å². The van der Waals surface area contributed by atoms with E-state index in [0.717, 1.165) is 19.4 Å². The van der Waals surface area contributed by atoms with Gasteiger partial charge in [0, 0.05) is 14.0 Å². The largest absolute Gasteiger partial charge is 0.384 e. The molecule has 0 bridgehead atoms. The Morgan fingerprint density at radius 1 is 1.05 bits per heavy atom. The van der Waals surface area contributed by atoms with E-state index in [2.05, 4.69) is 27.8 Å². The second-order valence-corrected chi connectivity index (χ2v) is 4.49. The van der Waals surface area contributed by atoms with Crippen molar-refractivity contribution in [2.75, 3.05) is 13.7 Å². The summed E-state index contributed by atoms with van der Waals surface area (Å²) in [6.45, 7) is 16.7. The van der Waals surface area contributed by atoms with Gasteiger partial charge < -0.3 is 4.74 Å². The fourth-order valence-corrected chi connectivity index (χ4v) is 1.23. The van der Waals surface area contributed by atoms with Gasteiger partial charge in [0.1, 0.15) is 0 Å². The summed E-state index contributed by atoms with van der Waals surface area (Å²) < 4.78 is 29.8. The summed E-state index contributed by atoms with van der Waals surface area (Å²) in [7, 11) is 4.65. The molecule has 0 atom stereocenters. The standard InChI is InChI=1S/C11H20F2O.2C2H6.CH3B/c1-10(2,9-14-4)7-5-6-8-11(3,12)13;3*1-2/h6,8H,5,7,9H2,1-4H3;2*1-2H3;2H,1H2/b8-6+;;;. The number of hydrogen-bond donors (Lipinski definition) is 0. The monoisotopic (exact) mass is 292 g/mol. The minimum atomic E-state index is -2.69. The van der Waals surface area contributed by atoms with Crippen molar-refractivity contribution in [2.24, 2.45) is 5.41 Å². The molecule has 1 nitrogen and oxygen atoms in total. The summed E-state index contributed by atoms with van der Waals surface area (Å²) in [5.74, 6) is -2.69. The summed E-state index contributed by atoms with van der Waals surface area (Å²) in [6.07, 6.45) is 4.01. The minimum absolute atomic E-state index is 0.0577. The Morgan fingerprint density at radius 2 is 1.45 bits per heavy atom. The molecule has 0 spiro atoms. The van der Waals surface area contributed by atoms with E-state index in [1.165, 1.54) is 6.08 Å². The topological polar surface area (TPSA) is 9.23 Å². The predicted octanol–water partition coefficient (Wildman–Crippen LogP) is 5.02. The Hall–Kier alpha value is -0.505. The molecule has 0 fully saturated rings. The van der Waals surface area contributed by atoms with Crippen molar-refractivity contribution < 1.29 is 13.5 Å². The fraction of sp³-hybridized carbons (Fsp3) is 0.812. The third-order valence-corrected chi connectivity index (χ3v) is 1.93. The van der Waals surface area contributed by atoms with E-state index in [1.54, 1.807) is 7.11 Å². The first kappa shape index (κ1) is 27.8. The van der Waals surface area contributed by atoms with Gasteiger partial charge in [-0.1, -0.05) is 47.6 Å². The first-order chi connectivity index (χ1) is 9.27. The Bertz CT molecular complexity index is 199. The summed E-state index contributed by atoms with van der Waals surface area (Å²) in [5, 5.41) is 0. The Labute approximate surface area is 126 Å². The Morgan fingerprint density at radius 3 is 1.75 bits per heavy atom. The number of ether oxygens (including phenoxy) is 1. The number of alkyl halides is 2. The van der Waals surface area contributed by atoms with Crippen molar-refractivity contribution >= 4 is 14.0 Å². The molecule has 0 aromatic heterocycles. The van der Waals surface area contributed by atoms with Gasteiger partial charge >= 0.3 is 14.0 Å². The number of allylic oxidation sites excluding steroid dienone is 2.